The van der Waals surface area contributed by atoms with Gasteiger partial charge in [0.25, 0.3) is 0 Å². The fourth-order valence-electron chi connectivity index (χ4n) is 2.33. The van der Waals surface area contributed by atoms with Crippen molar-refractivity contribution in [3.05, 3.63) is 34.6 Å². The molecule has 2 rings (SSSR count). The summed E-state index contributed by atoms with van der Waals surface area (Å²) in [5.74, 6) is 0.294. The Kier molecular flexibility index (Phi) is 3.46. The van der Waals surface area contributed by atoms with Gasteiger partial charge < -0.3 is 5.32 Å². The molecular formula is C14H19ClFN. The highest BCUT2D eigenvalue weighted by molar-refractivity contribution is 6.30. The van der Waals surface area contributed by atoms with Crippen LogP contribution in [0.1, 0.15) is 32.8 Å². The highest BCUT2D eigenvalue weighted by atomic mass is 35.5. The molecule has 2 atom stereocenters. The average Bonchev–Trinajstić information content (AvgIpc) is 2.92. The van der Waals surface area contributed by atoms with E-state index in [0.29, 0.717) is 12.0 Å². The Morgan fingerprint density at radius 2 is 2.24 bits per heavy atom. The molecule has 17 heavy (non-hydrogen) atoms. The molecule has 1 saturated carbocycles. The zero-order chi connectivity index (χ0) is 12.6. The van der Waals surface area contributed by atoms with Crippen LogP contribution >= 0.6 is 11.6 Å². The highest BCUT2D eigenvalue weighted by Crippen LogP contribution is 2.53. The van der Waals surface area contributed by atoms with Crippen LogP contribution in [-0.4, -0.2) is 12.6 Å². The Balaban J connectivity index is 2.05. The quantitative estimate of drug-likeness (QED) is 0.864. The van der Waals surface area contributed by atoms with Crippen LogP contribution in [0.25, 0.3) is 0 Å². The average molecular weight is 256 g/mol. The largest absolute Gasteiger partial charge is 0.314 e. The first-order chi connectivity index (χ1) is 7.93. The lowest BCUT2D eigenvalue weighted by atomic mass is 9.95. The molecule has 0 spiro atoms. The van der Waals surface area contributed by atoms with Gasteiger partial charge in [0, 0.05) is 6.04 Å². The molecule has 0 saturated heterocycles. The van der Waals surface area contributed by atoms with E-state index in [9.17, 15) is 4.39 Å². The van der Waals surface area contributed by atoms with Crippen molar-refractivity contribution in [1.29, 1.82) is 0 Å². The van der Waals surface area contributed by atoms with Gasteiger partial charge in [-0.2, -0.15) is 0 Å². The van der Waals surface area contributed by atoms with Crippen molar-refractivity contribution >= 4 is 11.6 Å². The van der Waals surface area contributed by atoms with Crippen LogP contribution in [-0.2, 0) is 5.41 Å². The molecule has 1 aliphatic carbocycles. The molecule has 1 N–H and O–H groups in total. The first-order valence-corrected chi connectivity index (χ1v) is 6.50. The minimum atomic E-state index is -0.337. The third-order valence-corrected chi connectivity index (χ3v) is 4.05. The highest BCUT2D eigenvalue weighted by Gasteiger charge is 2.50. The number of nitrogens with one attached hydrogen (secondary N) is 1. The number of hydrogen-bond acceptors (Lipinski definition) is 1. The molecule has 0 bridgehead atoms. The SMILES string of the molecule is CC(C)NCC1CC1(C)c1ccc(F)c(Cl)c1. The van der Waals surface area contributed by atoms with Gasteiger partial charge in [-0.05, 0) is 42.0 Å². The van der Waals surface area contributed by atoms with Gasteiger partial charge in [-0.3, -0.25) is 0 Å². The maximum Gasteiger partial charge on any atom is 0.141 e. The first kappa shape index (κ1) is 12.8. The molecule has 1 nitrogen and oxygen atoms in total. The van der Waals surface area contributed by atoms with Crippen LogP contribution in [0, 0.1) is 11.7 Å². The van der Waals surface area contributed by atoms with Crippen LogP contribution in [0.3, 0.4) is 0 Å². The number of hydrogen-bond donors (Lipinski definition) is 1. The van der Waals surface area contributed by atoms with Crippen LogP contribution in [0.2, 0.25) is 5.02 Å². The van der Waals surface area contributed by atoms with Gasteiger partial charge in [0.05, 0.1) is 5.02 Å². The van der Waals surface area contributed by atoms with E-state index in [1.165, 1.54) is 6.07 Å². The van der Waals surface area contributed by atoms with E-state index in [4.69, 9.17) is 11.6 Å². The van der Waals surface area contributed by atoms with E-state index in [0.717, 1.165) is 18.5 Å². The minimum absolute atomic E-state index is 0.166. The summed E-state index contributed by atoms with van der Waals surface area (Å²) in [6, 6.07) is 5.61. The molecule has 1 aliphatic rings. The lowest BCUT2D eigenvalue weighted by molar-refractivity contribution is 0.527. The molecular weight excluding hydrogens is 237 g/mol. The summed E-state index contributed by atoms with van der Waals surface area (Å²) in [4.78, 5) is 0. The van der Waals surface area contributed by atoms with Crippen LogP contribution < -0.4 is 5.32 Å². The van der Waals surface area contributed by atoms with Crippen molar-refractivity contribution in [2.24, 2.45) is 5.92 Å². The molecule has 0 amide bonds. The molecule has 0 aromatic heterocycles. The molecule has 2 unspecified atom stereocenters. The molecule has 0 radical (unpaired) electrons. The second-order valence-electron chi connectivity index (χ2n) is 5.51. The van der Waals surface area contributed by atoms with Gasteiger partial charge in [0.2, 0.25) is 0 Å². The summed E-state index contributed by atoms with van der Waals surface area (Å²) >= 11 is 5.83. The summed E-state index contributed by atoms with van der Waals surface area (Å²) in [7, 11) is 0. The fourth-order valence-corrected chi connectivity index (χ4v) is 2.51. The molecule has 1 aromatic carbocycles. The predicted octanol–water partition coefficient (Wildman–Crippen LogP) is 3.75. The Labute approximate surface area is 107 Å². The molecule has 0 aliphatic heterocycles. The Bertz CT molecular complexity index is 419. The van der Waals surface area contributed by atoms with E-state index < -0.39 is 0 Å². The van der Waals surface area contributed by atoms with Crippen molar-refractivity contribution in [1.82, 2.24) is 5.32 Å². The van der Waals surface area contributed by atoms with Crippen molar-refractivity contribution in [3.63, 3.8) is 0 Å². The maximum absolute atomic E-state index is 13.1. The minimum Gasteiger partial charge on any atom is -0.314 e. The summed E-state index contributed by atoms with van der Waals surface area (Å²) in [6.45, 7) is 7.54. The summed E-state index contributed by atoms with van der Waals surface area (Å²) < 4.78 is 13.1. The van der Waals surface area contributed by atoms with Gasteiger partial charge in [0.15, 0.2) is 0 Å². The molecule has 1 aromatic rings. The number of rotatable bonds is 4. The Morgan fingerprint density at radius 3 is 2.82 bits per heavy atom. The second kappa shape index (κ2) is 4.58. The third kappa shape index (κ3) is 2.63. The Hall–Kier alpha value is -0.600. The van der Waals surface area contributed by atoms with Crippen LogP contribution in [0.15, 0.2) is 18.2 Å². The molecule has 3 heteroatoms. The fraction of sp³-hybridized carbons (Fsp3) is 0.571. The third-order valence-electron chi connectivity index (χ3n) is 3.76. The van der Waals surface area contributed by atoms with E-state index in [1.54, 1.807) is 6.07 Å². The molecule has 1 fully saturated rings. The monoisotopic (exact) mass is 255 g/mol. The lowest BCUT2D eigenvalue weighted by Crippen LogP contribution is -2.26. The number of halogens is 2. The maximum atomic E-state index is 13.1. The second-order valence-corrected chi connectivity index (χ2v) is 5.92. The van der Waals surface area contributed by atoms with E-state index in [1.807, 2.05) is 6.07 Å². The van der Waals surface area contributed by atoms with Crippen molar-refractivity contribution in [2.45, 2.75) is 38.6 Å². The number of benzene rings is 1. The standard InChI is InChI=1S/C14H19ClFN/c1-9(2)17-8-11-7-14(11,3)10-4-5-13(16)12(15)6-10/h4-6,9,11,17H,7-8H2,1-3H3. The van der Waals surface area contributed by atoms with Gasteiger partial charge in [-0.25, -0.2) is 4.39 Å². The van der Waals surface area contributed by atoms with Gasteiger partial charge in [-0.15, -0.1) is 0 Å². The lowest BCUT2D eigenvalue weighted by Gasteiger charge is -2.14. The van der Waals surface area contributed by atoms with E-state index in [2.05, 4.69) is 26.1 Å². The van der Waals surface area contributed by atoms with Gasteiger partial charge >= 0.3 is 0 Å². The van der Waals surface area contributed by atoms with E-state index in [-0.39, 0.29) is 16.3 Å². The molecule has 94 valence electrons. The van der Waals surface area contributed by atoms with Crippen molar-refractivity contribution in [2.75, 3.05) is 6.54 Å². The predicted molar refractivity (Wildman–Crippen MR) is 70.0 cm³/mol. The molecule has 0 heterocycles. The summed E-state index contributed by atoms with van der Waals surface area (Å²) in [6.07, 6.45) is 1.15. The smallest absolute Gasteiger partial charge is 0.141 e. The van der Waals surface area contributed by atoms with Crippen molar-refractivity contribution in [3.8, 4) is 0 Å². The van der Waals surface area contributed by atoms with Crippen molar-refractivity contribution < 1.29 is 4.39 Å². The van der Waals surface area contributed by atoms with Crippen LogP contribution in [0.5, 0.6) is 0 Å². The first-order valence-electron chi connectivity index (χ1n) is 6.12. The van der Waals surface area contributed by atoms with Gasteiger partial charge in [0.1, 0.15) is 5.82 Å². The van der Waals surface area contributed by atoms with E-state index >= 15 is 0 Å². The normalized spacial score (nSPS) is 27.5. The topological polar surface area (TPSA) is 12.0 Å². The zero-order valence-corrected chi connectivity index (χ0v) is 11.3. The van der Waals surface area contributed by atoms with Gasteiger partial charge in [-0.1, -0.05) is 38.4 Å². The zero-order valence-electron chi connectivity index (χ0n) is 10.6. The summed E-state index contributed by atoms with van der Waals surface area (Å²) in [5.41, 5.74) is 1.32. The Morgan fingerprint density at radius 1 is 1.53 bits per heavy atom. The van der Waals surface area contributed by atoms with Crippen LogP contribution in [0.4, 0.5) is 4.39 Å². The summed E-state index contributed by atoms with van der Waals surface area (Å²) in [5, 5.41) is 3.68.